The molecule has 3 N–H and O–H groups in total. The lowest BCUT2D eigenvalue weighted by molar-refractivity contribution is -0.159. The summed E-state index contributed by atoms with van der Waals surface area (Å²) in [7, 11) is 0. The van der Waals surface area contributed by atoms with Gasteiger partial charge in [0.25, 0.3) is 5.91 Å². The molecular weight excluding hydrogens is 230 g/mol. The first-order valence-corrected chi connectivity index (χ1v) is 4.48. The van der Waals surface area contributed by atoms with Crippen LogP contribution in [-0.4, -0.2) is 34.7 Å². The number of aliphatic carboxylic acids is 2. The van der Waals surface area contributed by atoms with Crippen LogP contribution in [0.2, 0.25) is 0 Å². The van der Waals surface area contributed by atoms with Gasteiger partial charge in [0.1, 0.15) is 5.75 Å². The van der Waals surface area contributed by atoms with Crippen LogP contribution in [0.4, 0.5) is 5.69 Å². The van der Waals surface area contributed by atoms with Crippen LogP contribution < -0.4 is 10.1 Å². The van der Waals surface area contributed by atoms with Crippen molar-refractivity contribution in [1.82, 2.24) is 0 Å². The molecule has 7 nitrogen and oxygen atoms in total. The molecule has 1 aliphatic rings. The number of hydrogen-bond donors (Lipinski definition) is 3. The Morgan fingerprint density at radius 1 is 1.18 bits per heavy atom. The number of ether oxygens (including phenoxy) is 1. The van der Waals surface area contributed by atoms with Gasteiger partial charge < -0.3 is 20.3 Å². The molecule has 0 fully saturated rings. The van der Waals surface area contributed by atoms with Crippen molar-refractivity contribution < 1.29 is 29.3 Å². The van der Waals surface area contributed by atoms with E-state index in [9.17, 15) is 4.79 Å². The lowest BCUT2D eigenvalue weighted by Crippen LogP contribution is -2.25. The number of carbonyl (C=O) groups excluding carboxylic acids is 1. The third kappa shape index (κ3) is 3.82. The Balaban J connectivity index is 0.000000209. The van der Waals surface area contributed by atoms with Gasteiger partial charge in [0.2, 0.25) is 0 Å². The fourth-order valence-corrected chi connectivity index (χ4v) is 1.03. The number of carboxylic acid groups (broad SMARTS) is 2. The van der Waals surface area contributed by atoms with Crippen LogP contribution in [0.25, 0.3) is 0 Å². The van der Waals surface area contributed by atoms with Gasteiger partial charge in [-0.05, 0) is 12.1 Å². The van der Waals surface area contributed by atoms with E-state index in [2.05, 4.69) is 5.32 Å². The maximum absolute atomic E-state index is 10.8. The van der Waals surface area contributed by atoms with Crippen LogP contribution in [0.3, 0.4) is 0 Å². The van der Waals surface area contributed by atoms with E-state index in [1.54, 1.807) is 0 Å². The van der Waals surface area contributed by atoms with E-state index >= 15 is 0 Å². The number of fused-ring (bicyclic) bond motifs is 1. The largest absolute Gasteiger partial charge is 0.482 e. The molecule has 7 heteroatoms. The summed E-state index contributed by atoms with van der Waals surface area (Å²) >= 11 is 0. The average molecular weight is 239 g/mol. The SMILES string of the molecule is O=C(O)C(=O)O.O=C1COc2ccccc2N1. The predicted molar refractivity (Wildman–Crippen MR) is 55.8 cm³/mol. The topological polar surface area (TPSA) is 113 Å². The van der Waals surface area contributed by atoms with Gasteiger partial charge in [-0.3, -0.25) is 4.79 Å². The molecule has 1 aromatic carbocycles. The summed E-state index contributed by atoms with van der Waals surface area (Å²) in [5.41, 5.74) is 0.753. The summed E-state index contributed by atoms with van der Waals surface area (Å²) in [6, 6.07) is 7.37. The van der Waals surface area contributed by atoms with E-state index in [0.717, 1.165) is 11.4 Å². The second-order valence-corrected chi connectivity index (χ2v) is 2.94. The van der Waals surface area contributed by atoms with Crippen LogP contribution in [0.1, 0.15) is 0 Å². The molecular formula is C10H9NO6. The standard InChI is InChI=1S/C8H7NO2.C2H2O4/c10-8-5-11-7-4-2-1-3-6(7)9-8;3-1(4)2(5)6/h1-4H,5H2,(H,9,10);(H,3,4)(H,5,6). The molecule has 0 radical (unpaired) electrons. The summed E-state index contributed by atoms with van der Waals surface area (Å²) in [4.78, 5) is 29.0. The third-order valence-electron chi connectivity index (χ3n) is 1.70. The van der Waals surface area contributed by atoms with E-state index < -0.39 is 11.9 Å². The Bertz CT molecular complexity index is 444. The maximum atomic E-state index is 10.8. The van der Waals surface area contributed by atoms with Gasteiger partial charge in [-0.2, -0.15) is 0 Å². The third-order valence-corrected chi connectivity index (χ3v) is 1.70. The predicted octanol–water partition coefficient (Wildman–Crippen LogP) is 0.173. The van der Waals surface area contributed by atoms with Gasteiger partial charge in [0.05, 0.1) is 5.69 Å². The summed E-state index contributed by atoms with van der Waals surface area (Å²) < 4.78 is 5.12. The number of nitrogens with one attached hydrogen (secondary N) is 1. The zero-order valence-electron chi connectivity index (χ0n) is 8.54. The summed E-state index contributed by atoms with van der Waals surface area (Å²) in [6.45, 7) is 0.122. The molecule has 1 amide bonds. The van der Waals surface area contributed by atoms with Gasteiger partial charge in [-0.25, -0.2) is 9.59 Å². The maximum Gasteiger partial charge on any atom is 0.414 e. The number of carboxylic acids is 2. The molecule has 1 aromatic rings. The molecule has 0 spiro atoms. The summed E-state index contributed by atoms with van der Waals surface area (Å²) in [5.74, 6) is -3.00. The molecule has 0 saturated carbocycles. The zero-order chi connectivity index (χ0) is 12.8. The van der Waals surface area contributed by atoms with Crippen molar-refractivity contribution in [3.05, 3.63) is 24.3 Å². The molecule has 2 rings (SSSR count). The van der Waals surface area contributed by atoms with Crippen molar-refractivity contribution in [2.75, 3.05) is 11.9 Å². The van der Waals surface area contributed by atoms with Gasteiger partial charge >= 0.3 is 11.9 Å². The van der Waals surface area contributed by atoms with Crippen LogP contribution in [0, 0.1) is 0 Å². The highest BCUT2D eigenvalue weighted by Gasteiger charge is 2.13. The molecule has 0 aliphatic carbocycles. The fraction of sp³-hybridized carbons (Fsp3) is 0.100. The van der Waals surface area contributed by atoms with Gasteiger partial charge in [-0.15, -0.1) is 0 Å². The second kappa shape index (κ2) is 5.50. The van der Waals surface area contributed by atoms with Gasteiger partial charge in [0, 0.05) is 0 Å². The van der Waals surface area contributed by atoms with Crippen LogP contribution in [0.5, 0.6) is 5.75 Å². The molecule has 0 aromatic heterocycles. The molecule has 90 valence electrons. The molecule has 0 saturated heterocycles. The van der Waals surface area contributed by atoms with Crippen LogP contribution >= 0.6 is 0 Å². The van der Waals surface area contributed by atoms with Crippen LogP contribution in [-0.2, 0) is 14.4 Å². The molecule has 17 heavy (non-hydrogen) atoms. The number of benzene rings is 1. The molecule has 0 atom stereocenters. The van der Waals surface area contributed by atoms with E-state index in [1.165, 1.54) is 0 Å². The summed E-state index contributed by atoms with van der Waals surface area (Å²) in [5, 5.41) is 17.5. The fourth-order valence-electron chi connectivity index (χ4n) is 1.03. The minimum Gasteiger partial charge on any atom is -0.482 e. The van der Waals surface area contributed by atoms with Crippen molar-refractivity contribution in [2.45, 2.75) is 0 Å². The van der Waals surface area contributed by atoms with E-state index in [1.807, 2.05) is 24.3 Å². The van der Waals surface area contributed by atoms with E-state index in [-0.39, 0.29) is 12.5 Å². The number of amides is 1. The summed E-state index contributed by atoms with van der Waals surface area (Å²) in [6.07, 6.45) is 0. The number of hydrogen-bond acceptors (Lipinski definition) is 4. The number of para-hydroxylation sites is 2. The Morgan fingerprint density at radius 3 is 2.35 bits per heavy atom. The van der Waals surface area contributed by atoms with Crippen molar-refractivity contribution in [1.29, 1.82) is 0 Å². The highest BCUT2D eigenvalue weighted by molar-refractivity contribution is 6.27. The number of anilines is 1. The zero-order valence-corrected chi connectivity index (χ0v) is 8.54. The highest BCUT2D eigenvalue weighted by atomic mass is 16.5. The first-order chi connectivity index (χ1) is 8.00. The Morgan fingerprint density at radius 2 is 1.76 bits per heavy atom. The monoisotopic (exact) mass is 239 g/mol. The Labute approximate surface area is 95.6 Å². The normalized spacial score (nSPS) is 12.1. The quantitative estimate of drug-likeness (QED) is 0.556. The van der Waals surface area contributed by atoms with Crippen LogP contribution in [0.15, 0.2) is 24.3 Å². The number of carbonyl (C=O) groups is 3. The van der Waals surface area contributed by atoms with E-state index in [4.69, 9.17) is 24.5 Å². The van der Waals surface area contributed by atoms with Crippen molar-refractivity contribution in [3.8, 4) is 5.75 Å². The van der Waals surface area contributed by atoms with Gasteiger partial charge in [0.15, 0.2) is 6.61 Å². The Hall–Kier alpha value is -2.57. The first-order valence-electron chi connectivity index (χ1n) is 4.48. The molecule has 0 unspecified atom stereocenters. The molecule has 0 bridgehead atoms. The lowest BCUT2D eigenvalue weighted by Gasteiger charge is -2.16. The second-order valence-electron chi connectivity index (χ2n) is 2.94. The van der Waals surface area contributed by atoms with Gasteiger partial charge in [-0.1, -0.05) is 12.1 Å². The molecule has 1 heterocycles. The Kier molecular flexibility index (Phi) is 4.04. The van der Waals surface area contributed by atoms with E-state index in [0.29, 0.717) is 0 Å². The first kappa shape index (κ1) is 12.5. The number of rotatable bonds is 0. The molecule has 1 aliphatic heterocycles. The highest BCUT2D eigenvalue weighted by Crippen LogP contribution is 2.25. The minimum atomic E-state index is -1.82. The minimum absolute atomic E-state index is 0.0938. The smallest absolute Gasteiger partial charge is 0.414 e. The van der Waals surface area contributed by atoms with Crippen molar-refractivity contribution in [3.63, 3.8) is 0 Å². The van der Waals surface area contributed by atoms with Crippen molar-refractivity contribution >= 4 is 23.5 Å². The van der Waals surface area contributed by atoms with Crippen molar-refractivity contribution in [2.24, 2.45) is 0 Å². The average Bonchev–Trinajstić information content (AvgIpc) is 2.29. The lowest BCUT2D eigenvalue weighted by atomic mass is 10.2.